The molecule has 1 aliphatic rings. The van der Waals surface area contributed by atoms with Crippen LogP contribution in [0.25, 0.3) is 10.1 Å². The van der Waals surface area contributed by atoms with Crippen LogP contribution in [0.15, 0.2) is 18.2 Å². The van der Waals surface area contributed by atoms with Gasteiger partial charge in [0.05, 0.1) is 5.69 Å². The number of nitrogens with two attached hydrogens (primary N) is 1. The summed E-state index contributed by atoms with van der Waals surface area (Å²) in [6, 6.07) is 5.83. The van der Waals surface area contributed by atoms with Crippen molar-refractivity contribution in [3.8, 4) is 0 Å². The van der Waals surface area contributed by atoms with Crippen LogP contribution < -0.4 is 11.1 Å². The van der Waals surface area contributed by atoms with Crippen molar-refractivity contribution >= 4 is 44.6 Å². The van der Waals surface area contributed by atoms with Gasteiger partial charge in [0.25, 0.3) is 5.91 Å². The molecule has 3 rings (SSSR count). The van der Waals surface area contributed by atoms with E-state index in [0.29, 0.717) is 21.6 Å². The molecule has 0 unspecified atom stereocenters. The lowest BCUT2D eigenvalue weighted by Crippen LogP contribution is -2.25. The summed E-state index contributed by atoms with van der Waals surface area (Å²) in [5.74, 6) is -0.0673. The van der Waals surface area contributed by atoms with Gasteiger partial charge < -0.3 is 11.1 Å². The zero-order valence-corrected chi connectivity index (χ0v) is 10.6. The van der Waals surface area contributed by atoms with Gasteiger partial charge in [-0.25, -0.2) is 0 Å². The van der Waals surface area contributed by atoms with Gasteiger partial charge in [-0.3, -0.25) is 4.79 Å². The molecule has 0 aliphatic heterocycles. The molecule has 1 heterocycles. The number of nitrogens with one attached hydrogen (secondary N) is 1. The Labute approximate surface area is 108 Å². The maximum absolute atomic E-state index is 12.0. The Bertz CT molecular complexity index is 604. The number of fused-ring (bicyclic) bond motifs is 1. The number of rotatable bonds is 2. The van der Waals surface area contributed by atoms with Crippen molar-refractivity contribution in [2.45, 2.75) is 18.9 Å². The Hall–Kier alpha value is -1.26. The van der Waals surface area contributed by atoms with E-state index in [1.807, 2.05) is 12.1 Å². The minimum atomic E-state index is -0.0673. The highest BCUT2D eigenvalue weighted by Crippen LogP contribution is 2.35. The Morgan fingerprint density at radius 1 is 1.47 bits per heavy atom. The molecule has 1 aromatic carbocycles. The van der Waals surface area contributed by atoms with Crippen LogP contribution in [0.2, 0.25) is 5.02 Å². The maximum atomic E-state index is 12.0. The first-order valence-electron chi connectivity index (χ1n) is 5.43. The SMILES string of the molecule is Nc1c(C(=O)NC2CC2)sc2cc(Cl)ccc12. The first-order valence-corrected chi connectivity index (χ1v) is 6.63. The maximum Gasteiger partial charge on any atom is 0.263 e. The van der Waals surface area contributed by atoms with Crippen LogP contribution in [0, 0.1) is 0 Å². The van der Waals surface area contributed by atoms with Crippen LogP contribution in [0.3, 0.4) is 0 Å². The molecule has 0 radical (unpaired) electrons. The minimum Gasteiger partial charge on any atom is -0.397 e. The Balaban J connectivity index is 2.03. The predicted molar refractivity (Wildman–Crippen MR) is 71.7 cm³/mol. The van der Waals surface area contributed by atoms with E-state index in [4.69, 9.17) is 17.3 Å². The highest BCUT2D eigenvalue weighted by Gasteiger charge is 2.26. The third-order valence-electron chi connectivity index (χ3n) is 2.81. The van der Waals surface area contributed by atoms with Gasteiger partial charge in [-0.15, -0.1) is 11.3 Å². The quantitative estimate of drug-likeness (QED) is 0.878. The largest absolute Gasteiger partial charge is 0.397 e. The van der Waals surface area contributed by atoms with Crippen molar-refractivity contribution in [1.82, 2.24) is 5.32 Å². The third kappa shape index (κ3) is 1.98. The molecule has 1 saturated carbocycles. The van der Waals surface area contributed by atoms with Crippen molar-refractivity contribution in [1.29, 1.82) is 0 Å². The third-order valence-corrected chi connectivity index (χ3v) is 4.21. The van der Waals surface area contributed by atoms with Crippen LogP contribution >= 0.6 is 22.9 Å². The second kappa shape index (κ2) is 3.89. The number of carbonyl (C=O) groups excluding carboxylic acids is 1. The van der Waals surface area contributed by atoms with Crippen LogP contribution in [0.5, 0.6) is 0 Å². The first kappa shape index (κ1) is 10.9. The summed E-state index contributed by atoms with van der Waals surface area (Å²) < 4.78 is 0.955. The fourth-order valence-corrected chi connectivity index (χ4v) is 3.04. The van der Waals surface area contributed by atoms with E-state index in [9.17, 15) is 4.79 Å². The molecule has 0 atom stereocenters. The Kier molecular flexibility index (Phi) is 2.49. The summed E-state index contributed by atoms with van der Waals surface area (Å²) in [5, 5.41) is 4.51. The zero-order valence-electron chi connectivity index (χ0n) is 9.00. The van der Waals surface area contributed by atoms with Gasteiger partial charge in [-0.2, -0.15) is 0 Å². The van der Waals surface area contributed by atoms with Crippen molar-refractivity contribution < 1.29 is 4.79 Å². The van der Waals surface area contributed by atoms with Crippen LogP contribution in [0.1, 0.15) is 22.5 Å². The number of hydrogen-bond acceptors (Lipinski definition) is 3. The molecule has 1 fully saturated rings. The van der Waals surface area contributed by atoms with Gasteiger partial charge in [0.1, 0.15) is 4.88 Å². The molecule has 2 aromatic rings. The number of nitrogen functional groups attached to an aromatic ring is 1. The minimum absolute atomic E-state index is 0.0673. The van der Waals surface area contributed by atoms with E-state index in [1.165, 1.54) is 11.3 Å². The molecular formula is C12H11ClN2OS. The summed E-state index contributed by atoms with van der Waals surface area (Å²) in [7, 11) is 0. The number of benzene rings is 1. The lowest BCUT2D eigenvalue weighted by atomic mass is 10.2. The second-order valence-corrected chi connectivity index (χ2v) is 5.72. The van der Waals surface area contributed by atoms with Crippen LogP contribution in [-0.4, -0.2) is 11.9 Å². The van der Waals surface area contributed by atoms with Gasteiger partial charge in [0, 0.05) is 21.2 Å². The monoisotopic (exact) mass is 266 g/mol. The molecule has 3 N–H and O–H groups in total. The molecule has 0 saturated heterocycles. The summed E-state index contributed by atoms with van der Waals surface area (Å²) in [6.07, 6.45) is 2.14. The molecule has 3 nitrogen and oxygen atoms in total. The lowest BCUT2D eigenvalue weighted by molar-refractivity contribution is 0.0956. The number of carbonyl (C=O) groups is 1. The van der Waals surface area contributed by atoms with E-state index in [0.717, 1.165) is 22.9 Å². The topological polar surface area (TPSA) is 55.1 Å². The average molecular weight is 267 g/mol. The molecule has 5 heteroatoms. The van der Waals surface area contributed by atoms with Crippen molar-refractivity contribution in [3.05, 3.63) is 28.1 Å². The summed E-state index contributed by atoms with van der Waals surface area (Å²) in [4.78, 5) is 12.5. The van der Waals surface area contributed by atoms with Gasteiger partial charge >= 0.3 is 0 Å². The van der Waals surface area contributed by atoms with E-state index in [1.54, 1.807) is 6.07 Å². The van der Waals surface area contributed by atoms with E-state index < -0.39 is 0 Å². The van der Waals surface area contributed by atoms with E-state index >= 15 is 0 Å². The Morgan fingerprint density at radius 2 is 2.24 bits per heavy atom. The summed E-state index contributed by atoms with van der Waals surface area (Å²) >= 11 is 7.31. The smallest absolute Gasteiger partial charge is 0.263 e. The Morgan fingerprint density at radius 3 is 2.94 bits per heavy atom. The zero-order chi connectivity index (χ0) is 12.0. The molecule has 1 aliphatic carbocycles. The van der Waals surface area contributed by atoms with Crippen molar-refractivity contribution in [3.63, 3.8) is 0 Å². The normalized spacial score (nSPS) is 15.1. The summed E-state index contributed by atoms with van der Waals surface area (Å²) in [5.41, 5.74) is 6.55. The number of hydrogen-bond donors (Lipinski definition) is 2. The summed E-state index contributed by atoms with van der Waals surface area (Å²) in [6.45, 7) is 0. The molecule has 0 bridgehead atoms. The molecule has 17 heavy (non-hydrogen) atoms. The fourth-order valence-electron chi connectivity index (χ4n) is 1.74. The van der Waals surface area contributed by atoms with Crippen molar-refractivity contribution in [2.75, 3.05) is 5.73 Å². The van der Waals surface area contributed by atoms with Crippen LogP contribution in [-0.2, 0) is 0 Å². The van der Waals surface area contributed by atoms with E-state index in [-0.39, 0.29) is 5.91 Å². The standard InChI is InChI=1S/C12H11ClN2OS/c13-6-1-4-8-9(5-6)17-11(10(8)14)12(16)15-7-2-3-7/h1,4-5,7H,2-3,14H2,(H,15,16). The highest BCUT2D eigenvalue weighted by atomic mass is 35.5. The van der Waals surface area contributed by atoms with Gasteiger partial charge in [0.2, 0.25) is 0 Å². The van der Waals surface area contributed by atoms with Gasteiger partial charge in [-0.05, 0) is 31.0 Å². The fraction of sp³-hybridized carbons (Fsp3) is 0.250. The van der Waals surface area contributed by atoms with Gasteiger partial charge in [0.15, 0.2) is 0 Å². The van der Waals surface area contributed by atoms with Crippen molar-refractivity contribution in [2.24, 2.45) is 0 Å². The molecule has 1 aromatic heterocycles. The lowest BCUT2D eigenvalue weighted by Gasteiger charge is -2.00. The van der Waals surface area contributed by atoms with Gasteiger partial charge in [-0.1, -0.05) is 11.6 Å². The number of anilines is 1. The average Bonchev–Trinajstić information content (AvgIpc) is 3.03. The van der Waals surface area contributed by atoms with E-state index in [2.05, 4.69) is 5.32 Å². The molecular weight excluding hydrogens is 256 g/mol. The number of halogens is 1. The number of amides is 1. The first-order chi connectivity index (χ1) is 8.15. The predicted octanol–water partition coefficient (Wildman–Crippen LogP) is 3.03. The molecule has 1 amide bonds. The molecule has 0 spiro atoms. The molecule has 88 valence electrons. The highest BCUT2D eigenvalue weighted by molar-refractivity contribution is 7.21. The second-order valence-electron chi connectivity index (χ2n) is 4.23. The number of thiophene rings is 1. The van der Waals surface area contributed by atoms with Crippen LogP contribution in [0.4, 0.5) is 5.69 Å².